The Morgan fingerprint density at radius 2 is 1.74 bits per heavy atom. The normalized spacial score (nSPS) is 10.7. The molecule has 0 bridgehead atoms. The summed E-state index contributed by atoms with van der Waals surface area (Å²) in [6.45, 7) is 0. The fraction of sp³-hybridized carbons (Fsp3) is 0.0435. The number of rotatable bonds is 6. The van der Waals surface area contributed by atoms with Crippen LogP contribution in [0.15, 0.2) is 73.2 Å². The number of hydrogen-bond donors (Lipinski definition) is 0. The lowest BCUT2D eigenvalue weighted by molar-refractivity contribution is 0.0983. The first-order valence-electron chi connectivity index (χ1n) is 9.18. The third kappa shape index (κ3) is 4.73. The second kappa shape index (κ2) is 8.97. The number of halogens is 3. The molecule has 0 fully saturated rings. The third-order valence-corrected chi connectivity index (χ3v) is 4.69. The highest BCUT2D eigenvalue weighted by atomic mass is 35.5. The molecule has 5 nitrogen and oxygen atoms in total. The van der Waals surface area contributed by atoms with E-state index in [4.69, 9.17) is 16.3 Å². The topological polar surface area (TPSA) is 65.0 Å². The molecule has 0 aliphatic rings. The van der Waals surface area contributed by atoms with Crippen LogP contribution in [0.25, 0.3) is 11.3 Å². The number of Topliss-reactive ketones (excluding diaryl/α,β-unsaturated/α-hetero) is 1. The van der Waals surface area contributed by atoms with E-state index in [9.17, 15) is 13.6 Å². The molecule has 0 aliphatic heterocycles. The zero-order chi connectivity index (χ0) is 21.8. The first-order valence-corrected chi connectivity index (χ1v) is 9.56. The highest BCUT2D eigenvalue weighted by Crippen LogP contribution is 2.31. The van der Waals surface area contributed by atoms with Crippen molar-refractivity contribution in [2.45, 2.75) is 6.42 Å². The molecule has 154 valence electrons. The van der Waals surface area contributed by atoms with Crippen molar-refractivity contribution in [1.29, 1.82) is 0 Å². The van der Waals surface area contributed by atoms with Crippen LogP contribution in [-0.4, -0.2) is 20.7 Å². The van der Waals surface area contributed by atoms with Gasteiger partial charge in [-0.1, -0.05) is 23.7 Å². The zero-order valence-electron chi connectivity index (χ0n) is 15.9. The van der Waals surface area contributed by atoms with Gasteiger partial charge in [0.05, 0.1) is 34.6 Å². The largest absolute Gasteiger partial charge is 0.439 e. The second-order valence-electron chi connectivity index (χ2n) is 6.50. The Kier molecular flexibility index (Phi) is 5.95. The van der Waals surface area contributed by atoms with Crippen LogP contribution in [0.3, 0.4) is 0 Å². The van der Waals surface area contributed by atoms with Gasteiger partial charge in [-0.2, -0.15) is 0 Å². The minimum atomic E-state index is -0.911. The number of benzene rings is 2. The number of ketones is 1. The number of carbonyl (C=O) groups is 1. The molecule has 4 aromatic rings. The fourth-order valence-electron chi connectivity index (χ4n) is 2.89. The molecule has 2 aromatic heterocycles. The lowest BCUT2D eigenvalue weighted by Crippen LogP contribution is -2.10. The van der Waals surface area contributed by atoms with Gasteiger partial charge in [-0.05, 0) is 36.4 Å². The maximum Gasteiger partial charge on any atom is 0.219 e. The Balaban J connectivity index is 1.54. The van der Waals surface area contributed by atoms with Gasteiger partial charge in [0, 0.05) is 24.0 Å². The minimum absolute atomic E-state index is 0.272. The Morgan fingerprint density at radius 1 is 0.935 bits per heavy atom. The van der Waals surface area contributed by atoms with Crippen LogP contribution in [0, 0.1) is 11.6 Å². The molecule has 2 heterocycles. The van der Waals surface area contributed by atoms with Crippen LogP contribution < -0.4 is 4.74 Å². The van der Waals surface area contributed by atoms with Crippen LogP contribution >= 0.6 is 11.6 Å². The lowest BCUT2D eigenvalue weighted by atomic mass is 10.1. The minimum Gasteiger partial charge on any atom is -0.439 e. The summed E-state index contributed by atoms with van der Waals surface area (Å²) in [6, 6.07) is 13.6. The molecule has 31 heavy (non-hydrogen) atoms. The van der Waals surface area contributed by atoms with Crippen molar-refractivity contribution < 1.29 is 18.3 Å². The summed E-state index contributed by atoms with van der Waals surface area (Å²) in [5.74, 6) is -1.61. The molecule has 4 rings (SSSR count). The standard InChI is InChI=1S/C23H14ClF2N3O2/c24-17-8-7-15(31-22-6-1-2-9-27-22)11-16(17)20-13-28-14(12-29-20)10-21(30)23-18(25)4-3-5-19(23)26/h1-9,11-13H,10H2. The van der Waals surface area contributed by atoms with E-state index in [0.29, 0.717) is 27.9 Å². The fourth-order valence-corrected chi connectivity index (χ4v) is 3.11. The molecule has 0 atom stereocenters. The van der Waals surface area contributed by atoms with Crippen LogP contribution in [0.5, 0.6) is 11.6 Å². The summed E-state index contributed by atoms with van der Waals surface area (Å²) in [6.07, 6.45) is 4.13. The van der Waals surface area contributed by atoms with E-state index in [1.165, 1.54) is 18.5 Å². The Labute approximate surface area is 181 Å². The number of carbonyl (C=O) groups excluding carboxylic acids is 1. The lowest BCUT2D eigenvalue weighted by Gasteiger charge is -2.09. The van der Waals surface area contributed by atoms with Crippen LogP contribution in [0.2, 0.25) is 5.02 Å². The summed E-state index contributed by atoms with van der Waals surface area (Å²) >= 11 is 6.30. The van der Waals surface area contributed by atoms with Gasteiger partial charge in [-0.3, -0.25) is 14.8 Å². The predicted octanol–water partition coefficient (Wildman–Crippen LogP) is 5.69. The average Bonchev–Trinajstić information content (AvgIpc) is 2.76. The summed E-state index contributed by atoms with van der Waals surface area (Å²) in [4.78, 5) is 24.9. The van der Waals surface area contributed by atoms with E-state index in [0.717, 1.165) is 12.1 Å². The Hall–Kier alpha value is -3.71. The number of ether oxygens (including phenoxy) is 1. The second-order valence-corrected chi connectivity index (χ2v) is 6.91. The molecule has 0 aliphatic carbocycles. The molecule has 0 radical (unpaired) electrons. The van der Waals surface area contributed by atoms with Gasteiger partial charge >= 0.3 is 0 Å². The summed E-state index contributed by atoms with van der Waals surface area (Å²) in [7, 11) is 0. The molecule has 0 amide bonds. The summed E-state index contributed by atoms with van der Waals surface area (Å²) in [5.41, 5.74) is 0.703. The molecule has 0 saturated carbocycles. The van der Waals surface area contributed by atoms with E-state index in [-0.39, 0.29) is 12.1 Å². The van der Waals surface area contributed by atoms with Gasteiger partial charge in [-0.25, -0.2) is 13.8 Å². The van der Waals surface area contributed by atoms with Gasteiger partial charge in [0.25, 0.3) is 0 Å². The first-order chi connectivity index (χ1) is 15.0. The van der Waals surface area contributed by atoms with E-state index in [2.05, 4.69) is 15.0 Å². The van der Waals surface area contributed by atoms with E-state index < -0.39 is 23.0 Å². The molecular weight excluding hydrogens is 424 g/mol. The molecule has 0 N–H and O–H groups in total. The smallest absolute Gasteiger partial charge is 0.219 e. The van der Waals surface area contributed by atoms with Crippen molar-refractivity contribution in [3.05, 3.63) is 101 Å². The molecule has 2 aromatic carbocycles. The third-order valence-electron chi connectivity index (χ3n) is 4.36. The van der Waals surface area contributed by atoms with E-state index in [1.54, 1.807) is 42.6 Å². The predicted molar refractivity (Wildman–Crippen MR) is 111 cm³/mol. The van der Waals surface area contributed by atoms with Crippen LogP contribution in [0.1, 0.15) is 16.1 Å². The number of aromatic nitrogens is 3. The summed E-state index contributed by atoms with van der Waals surface area (Å²) < 4.78 is 33.3. The van der Waals surface area contributed by atoms with Crippen molar-refractivity contribution in [3.8, 4) is 22.9 Å². The van der Waals surface area contributed by atoms with Crippen molar-refractivity contribution in [1.82, 2.24) is 15.0 Å². The maximum atomic E-state index is 13.8. The quantitative estimate of drug-likeness (QED) is 0.363. The van der Waals surface area contributed by atoms with Gasteiger partial charge in [-0.15, -0.1) is 0 Å². The van der Waals surface area contributed by atoms with Crippen molar-refractivity contribution in [2.75, 3.05) is 0 Å². The first kappa shape index (κ1) is 20.6. The van der Waals surface area contributed by atoms with Crippen molar-refractivity contribution >= 4 is 17.4 Å². The molecule has 8 heteroatoms. The Bertz CT molecular complexity index is 1220. The van der Waals surface area contributed by atoms with Crippen molar-refractivity contribution in [2.24, 2.45) is 0 Å². The molecule has 0 unspecified atom stereocenters. The van der Waals surface area contributed by atoms with Gasteiger partial charge in [0.15, 0.2) is 5.78 Å². The van der Waals surface area contributed by atoms with Crippen LogP contribution in [-0.2, 0) is 6.42 Å². The van der Waals surface area contributed by atoms with Crippen molar-refractivity contribution in [3.63, 3.8) is 0 Å². The average molecular weight is 438 g/mol. The van der Waals surface area contributed by atoms with Gasteiger partial charge < -0.3 is 4.74 Å². The molecule has 0 saturated heterocycles. The van der Waals surface area contributed by atoms with Gasteiger partial charge in [0.2, 0.25) is 5.88 Å². The summed E-state index contributed by atoms with van der Waals surface area (Å²) in [5, 5.41) is 0.430. The molecular formula is C23H14ClF2N3O2. The SMILES string of the molecule is O=C(Cc1cnc(-c2cc(Oc3ccccn3)ccc2Cl)cn1)c1c(F)cccc1F. The maximum absolute atomic E-state index is 13.8. The highest BCUT2D eigenvalue weighted by molar-refractivity contribution is 6.33. The zero-order valence-corrected chi connectivity index (χ0v) is 16.7. The molecule has 0 spiro atoms. The highest BCUT2D eigenvalue weighted by Gasteiger charge is 2.18. The van der Waals surface area contributed by atoms with E-state index >= 15 is 0 Å². The van der Waals surface area contributed by atoms with Crippen LogP contribution in [0.4, 0.5) is 8.78 Å². The Morgan fingerprint density at radius 3 is 2.42 bits per heavy atom. The number of nitrogens with zero attached hydrogens (tertiary/aromatic N) is 3. The number of pyridine rings is 1. The number of hydrogen-bond acceptors (Lipinski definition) is 5. The van der Waals surface area contributed by atoms with E-state index in [1.807, 2.05) is 0 Å². The monoisotopic (exact) mass is 437 g/mol. The van der Waals surface area contributed by atoms with Gasteiger partial charge in [0.1, 0.15) is 17.4 Å².